The zero-order valence-corrected chi connectivity index (χ0v) is 29.6. The van der Waals surface area contributed by atoms with Crippen LogP contribution in [0.25, 0.3) is 0 Å². The zero-order valence-electron chi connectivity index (χ0n) is 20.5. The summed E-state index contributed by atoms with van der Waals surface area (Å²) in [6.07, 6.45) is 0.0916. The van der Waals surface area contributed by atoms with E-state index >= 15 is 0 Å². The Kier molecular flexibility index (Phi) is 13.8. The van der Waals surface area contributed by atoms with E-state index in [2.05, 4.69) is 63.7 Å². The fraction of sp³-hybridized carbons (Fsp3) is 0.0714. The molecule has 0 fully saturated rings. The Bertz CT molecular complexity index is 1370. The Hall–Kier alpha value is -1.07. The normalized spacial score (nSPS) is 10.3. The molecule has 0 amide bonds. The third kappa shape index (κ3) is 10.0. The van der Waals surface area contributed by atoms with Gasteiger partial charge in [0.2, 0.25) is 0 Å². The van der Waals surface area contributed by atoms with Crippen molar-refractivity contribution < 1.29 is 22.6 Å². The first-order chi connectivity index (χ1) is 18.8. The van der Waals surface area contributed by atoms with E-state index in [4.69, 9.17) is 7.58 Å². The van der Waals surface area contributed by atoms with Crippen molar-refractivity contribution >= 4 is 115 Å². The minimum Gasteiger partial charge on any atom is -0.870 e. The molecule has 0 radical (unpaired) electrons. The van der Waals surface area contributed by atoms with Crippen LogP contribution in [0.1, 0.15) is 11.1 Å². The third-order valence-electron chi connectivity index (χ3n) is 5.13. The number of hydrogen-bond donors (Lipinski definition) is 0. The number of hydrogen-bond acceptors (Lipinski definition) is 7. The molecule has 5 nitrogen and oxygen atoms in total. The third-order valence-corrected chi connectivity index (χ3v) is 11.3. The van der Waals surface area contributed by atoms with Crippen LogP contribution in [0.5, 0.6) is 0 Å². The minimum atomic E-state index is -1.28. The van der Waals surface area contributed by atoms with Gasteiger partial charge in [-0.3, -0.25) is 0 Å². The van der Waals surface area contributed by atoms with E-state index in [1.165, 1.54) is 0 Å². The van der Waals surface area contributed by atoms with Gasteiger partial charge < -0.3 is 5.48 Å². The van der Waals surface area contributed by atoms with Crippen LogP contribution >= 0.6 is 87.2 Å². The van der Waals surface area contributed by atoms with Gasteiger partial charge >= 0.3 is 279 Å². The second-order valence-corrected chi connectivity index (χ2v) is 14.3. The molecular weight excluding hydrogens is 827 g/mol. The molecular formula is C28H19AlBr4O5S2. The molecule has 4 aromatic carbocycles. The number of halogens is 4. The Morgan fingerprint density at radius 3 is 1.38 bits per heavy atom. The van der Waals surface area contributed by atoms with E-state index in [9.17, 15) is 9.59 Å². The number of benzene rings is 4. The molecule has 0 spiro atoms. The smallest absolute Gasteiger partial charge is 0.870 e. The molecule has 0 aliphatic carbocycles. The average Bonchev–Trinajstić information content (AvgIpc) is 2.90. The van der Waals surface area contributed by atoms with Gasteiger partial charge in [-0.15, -0.1) is 0 Å². The van der Waals surface area contributed by atoms with Crippen molar-refractivity contribution in [3.8, 4) is 0 Å². The first-order valence-corrected chi connectivity index (χ1v) is 17.2. The molecule has 4 rings (SSSR count). The molecule has 0 aromatic heterocycles. The summed E-state index contributed by atoms with van der Waals surface area (Å²) in [7, 11) is 0. The minimum absolute atomic E-state index is 0. The van der Waals surface area contributed by atoms with Gasteiger partial charge in [-0.2, -0.15) is 0 Å². The van der Waals surface area contributed by atoms with E-state index in [1.807, 2.05) is 84.9 Å². The summed E-state index contributed by atoms with van der Waals surface area (Å²) in [6, 6.07) is 27.7. The van der Waals surface area contributed by atoms with Crippen LogP contribution < -0.4 is 0 Å². The van der Waals surface area contributed by atoms with Gasteiger partial charge in [-0.1, -0.05) is 0 Å². The summed E-state index contributed by atoms with van der Waals surface area (Å²) < 4.78 is 14.0. The van der Waals surface area contributed by atoms with Crippen molar-refractivity contribution in [2.45, 2.75) is 32.4 Å². The van der Waals surface area contributed by atoms with Gasteiger partial charge in [-0.05, 0) is 0 Å². The SMILES string of the molecule is O=C(Cc1cc(Br)cc(Sc2ccccc2)c1Br)[O][Al+][O]C(=O)Cc1cc(Br)cc(Sc2ccccc2)c1Br.[OH-]. The first-order valence-electron chi connectivity index (χ1n) is 11.4. The Morgan fingerprint density at radius 2 is 1.00 bits per heavy atom. The van der Waals surface area contributed by atoms with E-state index in [0.29, 0.717) is 0 Å². The fourth-order valence-electron chi connectivity index (χ4n) is 3.40. The van der Waals surface area contributed by atoms with Crippen molar-refractivity contribution in [3.63, 3.8) is 0 Å². The van der Waals surface area contributed by atoms with E-state index < -0.39 is 27.8 Å². The fourth-order valence-corrected chi connectivity index (χ4v) is 8.27. The van der Waals surface area contributed by atoms with Crippen LogP contribution in [0, 0.1) is 0 Å². The van der Waals surface area contributed by atoms with E-state index in [0.717, 1.165) is 48.6 Å². The van der Waals surface area contributed by atoms with Gasteiger partial charge in [0.15, 0.2) is 0 Å². The van der Waals surface area contributed by atoms with E-state index in [1.54, 1.807) is 23.5 Å². The molecule has 0 aliphatic heterocycles. The van der Waals surface area contributed by atoms with E-state index in [-0.39, 0.29) is 18.3 Å². The molecule has 0 unspecified atom stereocenters. The van der Waals surface area contributed by atoms with Crippen LogP contribution in [0.3, 0.4) is 0 Å². The van der Waals surface area contributed by atoms with Gasteiger partial charge in [-0.25, -0.2) is 0 Å². The molecule has 0 heterocycles. The molecule has 4 aromatic rings. The van der Waals surface area contributed by atoms with Crippen molar-refractivity contribution in [2.75, 3.05) is 0 Å². The maximum Gasteiger partial charge on any atom is -0.870 e. The van der Waals surface area contributed by atoms with Crippen molar-refractivity contribution in [1.29, 1.82) is 0 Å². The second-order valence-electron chi connectivity index (χ2n) is 8.01. The molecule has 204 valence electrons. The van der Waals surface area contributed by atoms with Crippen molar-refractivity contribution in [2.24, 2.45) is 0 Å². The first kappa shape index (κ1) is 33.4. The summed E-state index contributed by atoms with van der Waals surface area (Å²) in [5.41, 5.74) is 1.56. The maximum absolute atomic E-state index is 12.6. The molecule has 0 bridgehead atoms. The van der Waals surface area contributed by atoms with Gasteiger partial charge in [0.25, 0.3) is 0 Å². The van der Waals surface area contributed by atoms with Crippen LogP contribution in [0.4, 0.5) is 0 Å². The summed E-state index contributed by atoms with van der Waals surface area (Å²) in [4.78, 5) is 29.2. The van der Waals surface area contributed by atoms with Crippen LogP contribution in [-0.4, -0.2) is 33.3 Å². The zero-order chi connectivity index (χ0) is 27.8. The molecule has 40 heavy (non-hydrogen) atoms. The Labute approximate surface area is 281 Å². The monoisotopic (exact) mass is 842 g/mol. The Morgan fingerprint density at radius 1 is 0.625 bits per heavy atom. The summed E-state index contributed by atoms with van der Waals surface area (Å²) in [6.45, 7) is 0. The largest absolute Gasteiger partial charge is 0.870 e. The molecule has 0 saturated carbocycles. The summed E-state index contributed by atoms with van der Waals surface area (Å²) in [5.74, 6) is -0.921. The summed E-state index contributed by atoms with van der Waals surface area (Å²) >= 11 is 16.2. The molecule has 0 atom stereocenters. The number of rotatable bonds is 10. The van der Waals surface area contributed by atoms with Crippen LogP contribution in [0.2, 0.25) is 0 Å². The molecule has 1 N–H and O–H groups in total. The maximum atomic E-state index is 12.6. The molecule has 0 aliphatic rings. The Balaban J connectivity index is 0.00000441. The quantitative estimate of drug-likeness (QED) is 0.147. The number of carbonyl (C=O) groups excluding carboxylic acids is 2. The summed E-state index contributed by atoms with van der Waals surface area (Å²) in [5, 5.41) is 0. The predicted octanol–water partition coefficient (Wildman–Crippen LogP) is 9.27. The topological polar surface area (TPSA) is 82.6 Å². The second kappa shape index (κ2) is 16.5. The number of carbonyl (C=O) groups is 2. The van der Waals surface area contributed by atoms with Crippen LogP contribution in [-0.2, 0) is 30.0 Å². The van der Waals surface area contributed by atoms with Crippen molar-refractivity contribution in [1.82, 2.24) is 0 Å². The van der Waals surface area contributed by atoms with Gasteiger partial charge in [0.05, 0.1) is 0 Å². The molecule has 0 saturated heterocycles. The molecule has 12 heteroatoms. The van der Waals surface area contributed by atoms with Gasteiger partial charge in [0.1, 0.15) is 0 Å². The van der Waals surface area contributed by atoms with Gasteiger partial charge in [0, 0.05) is 0 Å². The predicted molar refractivity (Wildman–Crippen MR) is 172 cm³/mol. The average molecular weight is 846 g/mol. The van der Waals surface area contributed by atoms with Crippen molar-refractivity contribution in [3.05, 3.63) is 114 Å². The standard InChI is InChI=1S/2C14H10Br2O2S.Al.H2O/c2*15-10-6-9(7-13(17)18)14(16)12(8-10)19-11-4-2-1-3-5-11;;/h2*1-6,8H,7H2,(H,17,18);;1H2/q;;+3;/p-3. The van der Waals surface area contributed by atoms with Crippen LogP contribution in [0.15, 0.2) is 122 Å².